The lowest BCUT2D eigenvalue weighted by Crippen LogP contribution is -2.27. The van der Waals surface area contributed by atoms with Crippen molar-refractivity contribution in [2.45, 2.75) is 12.6 Å². The van der Waals surface area contributed by atoms with Crippen LogP contribution in [0.2, 0.25) is 0 Å². The van der Waals surface area contributed by atoms with Crippen molar-refractivity contribution in [2.75, 3.05) is 0 Å². The first-order valence-corrected chi connectivity index (χ1v) is 3.43. The molecule has 0 unspecified atom stereocenters. The summed E-state index contributed by atoms with van der Waals surface area (Å²) in [4.78, 5) is 30.3. The fourth-order valence-electron chi connectivity index (χ4n) is 0.435. The lowest BCUT2D eigenvalue weighted by molar-refractivity contribution is -0.304. The van der Waals surface area contributed by atoms with E-state index < -0.39 is 30.5 Å². The topological polar surface area (TPSA) is 83.5 Å². The Morgan fingerprint density at radius 3 is 2.20 bits per heavy atom. The van der Waals surface area contributed by atoms with E-state index in [-0.39, 0.29) is 0 Å². The summed E-state index contributed by atoms with van der Waals surface area (Å²) in [6.07, 6.45) is -4.85. The van der Waals surface area contributed by atoms with Gasteiger partial charge in [-0.2, -0.15) is 13.2 Å². The highest BCUT2D eigenvalue weighted by Crippen LogP contribution is 2.16. The molecular weight excluding hydrogens is 221 g/mol. The Labute approximate surface area is 81.1 Å². The number of carbonyl (C=O) groups is 3. The molecule has 5 nitrogen and oxygen atoms in total. The third kappa shape index (κ3) is 6.24. The maximum Gasteiger partial charge on any atom is 0.491 e. The SMILES string of the molecule is O=C([O-])CC=CC(=O)OC(=O)C(F)(F)F. The molecule has 0 aromatic heterocycles. The van der Waals surface area contributed by atoms with Crippen molar-refractivity contribution < 1.29 is 37.4 Å². The number of rotatable bonds is 3. The fourth-order valence-corrected chi connectivity index (χ4v) is 0.435. The van der Waals surface area contributed by atoms with E-state index in [1.165, 1.54) is 0 Å². The molecule has 15 heavy (non-hydrogen) atoms. The number of carboxylic acids is 1. The van der Waals surface area contributed by atoms with E-state index in [1.54, 1.807) is 0 Å². The second-order valence-corrected chi connectivity index (χ2v) is 2.18. The molecule has 0 amide bonds. The molecule has 0 atom stereocenters. The molecule has 0 aliphatic rings. The van der Waals surface area contributed by atoms with Crippen LogP contribution in [0.4, 0.5) is 13.2 Å². The van der Waals surface area contributed by atoms with Gasteiger partial charge in [0.25, 0.3) is 0 Å². The highest BCUT2D eigenvalue weighted by atomic mass is 19.4. The van der Waals surface area contributed by atoms with Crippen LogP contribution in [0.5, 0.6) is 0 Å². The number of ether oxygens (including phenoxy) is 1. The van der Waals surface area contributed by atoms with Gasteiger partial charge < -0.3 is 14.6 Å². The first kappa shape index (κ1) is 13.1. The zero-order valence-electron chi connectivity index (χ0n) is 7.04. The van der Waals surface area contributed by atoms with E-state index in [0.717, 1.165) is 0 Å². The summed E-state index contributed by atoms with van der Waals surface area (Å²) < 4.78 is 37.8. The van der Waals surface area contributed by atoms with Crippen molar-refractivity contribution in [3.05, 3.63) is 12.2 Å². The molecule has 0 bridgehead atoms. The Morgan fingerprint density at radius 2 is 1.80 bits per heavy atom. The van der Waals surface area contributed by atoms with Gasteiger partial charge in [-0.25, -0.2) is 9.59 Å². The Kier molecular flexibility index (Phi) is 4.49. The molecule has 8 heteroatoms. The van der Waals surface area contributed by atoms with Crippen LogP contribution in [0.15, 0.2) is 12.2 Å². The summed E-state index contributed by atoms with van der Waals surface area (Å²) in [6, 6.07) is 0. The maximum absolute atomic E-state index is 11.5. The van der Waals surface area contributed by atoms with E-state index in [1.807, 2.05) is 0 Å². The monoisotopic (exact) mass is 225 g/mol. The van der Waals surface area contributed by atoms with Crippen molar-refractivity contribution in [1.29, 1.82) is 0 Å². The second-order valence-electron chi connectivity index (χ2n) is 2.18. The van der Waals surface area contributed by atoms with Crippen LogP contribution in [0.3, 0.4) is 0 Å². The number of aliphatic carboxylic acids is 1. The summed E-state index contributed by atoms with van der Waals surface area (Å²) in [6.45, 7) is 0. The van der Waals surface area contributed by atoms with Crippen LogP contribution in [0.1, 0.15) is 6.42 Å². The Balaban J connectivity index is 4.11. The molecule has 0 aliphatic heterocycles. The predicted molar refractivity (Wildman–Crippen MR) is 35.9 cm³/mol. The summed E-state index contributed by atoms with van der Waals surface area (Å²) in [5, 5.41) is 9.80. The minimum atomic E-state index is -5.27. The van der Waals surface area contributed by atoms with Gasteiger partial charge in [0, 0.05) is 18.5 Å². The summed E-state index contributed by atoms with van der Waals surface area (Å²) in [5.74, 6) is -5.79. The number of hydrogen-bond acceptors (Lipinski definition) is 5. The number of carboxylic acid groups (broad SMARTS) is 1. The van der Waals surface area contributed by atoms with Crippen molar-refractivity contribution in [3.63, 3.8) is 0 Å². The van der Waals surface area contributed by atoms with Gasteiger partial charge in [0.1, 0.15) is 0 Å². The van der Waals surface area contributed by atoms with Crippen molar-refractivity contribution in [2.24, 2.45) is 0 Å². The molecule has 0 aromatic carbocycles. The largest absolute Gasteiger partial charge is 0.550 e. The predicted octanol–water partition coefficient (Wildman–Crippen LogP) is -0.685. The molecule has 0 aromatic rings. The molecule has 0 N–H and O–H groups in total. The Morgan fingerprint density at radius 1 is 1.27 bits per heavy atom. The Hall–Kier alpha value is -1.86. The van der Waals surface area contributed by atoms with Crippen molar-refractivity contribution >= 4 is 17.9 Å². The maximum atomic E-state index is 11.5. The third-order valence-corrected chi connectivity index (χ3v) is 0.963. The number of esters is 2. The number of alkyl halides is 3. The van der Waals surface area contributed by atoms with Crippen LogP contribution in [-0.2, 0) is 19.1 Å². The molecule has 0 rings (SSSR count). The number of carbonyl (C=O) groups excluding carboxylic acids is 3. The molecule has 0 spiro atoms. The van der Waals surface area contributed by atoms with Crippen LogP contribution < -0.4 is 5.11 Å². The van der Waals surface area contributed by atoms with E-state index in [2.05, 4.69) is 4.74 Å². The van der Waals surface area contributed by atoms with E-state index in [9.17, 15) is 32.7 Å². The van der Waals surface area contributed by atoms with E-state index in [0.29, 0.717) is 12.2 Å². The van der Waals surface area contributed by atoms with Gasteiger partial charge in [-0.15, -0.1) is 0 Å². The van der Waals surface area contributed by atoms with E-state index in [4.69, 9.17) is 0 Å². The van der Waals surface area contributed by atoms with Crippen LogP contribution >= 0.6 is 0 Å². The lowest BCUT2D eigenvalue weighted by Gasteiger charge is -2.02. The smallest absolute Gasteiger partial charge is 0.491 e. The number of halogens is 3. The molecule has 0 saturated carbocycles. The zero-order valence-corrected chi connectivity index (χ0v) is 7.04. The van der Waals surface area contributed by atoms with Crippen LogP contribution in [-0.4, -0.2) is 24.1 Å². The zero-order chi connectivity index (χ0) is 12.1. The van der Waals surface area contributed by atoms with Gasteiger partial charge in [-0.05, 0) is 0 Å². The summed E-state index contributed by atoms with van der Waals surface area (Å²) in [5.41, 5.74) is 0. The molecule has 0 fully saturated rings. The minimum Gasteiger partial charge on any atom is -0.550 e. The van der Waals surface area contributed by atoms with Gasteiger partial charge in [-0.3, -0.25) is 0 Å². The average Bonchev–Trinajstić information content (AvgIpc) is 2.01. The van der Waals surface area contributed by atoms with Gasteiger partial charge >= 0.3 is 18.1 Å². The molecule has 0 radical (unpaired) electrons. The highest BCUT2D eigenvalue weighted by Gasteiger charge is 2.42. The first-order chi connectivity index (χ1) is 6.73. The van der Waals surface area contributed by atoms with Crippen molar-refractivity contribution in [1.82, 2.24) is 0 Å². The molecular formula is C7H4F3O5-. The van der Waals surface area contributed by atoms with Crippen LogP contribution in [0, 0.1) is 0 Å². The summed E-state index contributed by atoms with van der Waals surface area (Å²) in [7, 11) is 0. The van der Waals surface area contributed by atoms with Gasteiger partial charge in [0.05, 0.1) is 0 Å². The summed E-state index contributed by atoms with van der Waals surface area (Å²) >= 11 is 0. The van der Waals surface area contributed by atoms with Crippen LogP contribution in [0.25, 0.3) is 0 Å². The molecule has 0 aliphatic carbocycles. The lowest BCUT2D eigenvalue weighted by atomic mass is 10.4. The van der Waals surface area contributed by atoms with Crippen molar-refractivity contribution in [3.8, 4) is 0 Å². The molecule has 0 heterocycles. The van der Waals surface area contributed by atoms with Gasteiger partial charge in [-0.1, -0.05) is 6.08 Å². The molecule has 84 valence electrons. The fraction of sp³-hybridized carbons (Fsp3) is 0.286. The normalized spacial score (nSPS) is 11.4. The van der Waals surface area contributed by atoms with Gasteiger partial charge in [0.15, 0.2) is 0 Å². The second kappa shape index (κ2) is 5.13. The quantitative estimate of drug-likeness (QED) is 0.360. The highest BCUT2D eigenvalue weighted by molar-refractivity contribution is 5.94. The Bertz CT molecular complexity index is 304. The average molecular weight is 225 g/mol. The third-order valence-electron chi connectivity index (χ3n) is 0.963. The van der Waals surface area contributed by atoms with E-state index >= 15 is 0 Å². The standard InChI is InChI=1S/C7H5F3O5/c8-7(9,10)6(14)15-5(13)3-1-2-4(11)12/h1,3H,2H2,(H,11,12)/p-1. The minimum absolute atomic E-state index is 0.388. The molecule has 0 saturated heterocycles. The van der Waals surface area contributed by atoms with Gasteiger partial charge in [0.2, 0.25) is 0 Å². The first-order valence-electron chi connectivity index (χ1n) is 3.43. The number of hydrogen-bond donors (Lipinski definition) is 0.